The Balaban J connectivity index is 1.98. The Morgan fingerprint density at radius 2 is 1.14 bits per heavy atom. The third-order valence-corrected chi connectivity index (χ3v) is 6.37. The minimum Gasteiger partial charge on any atom is -0.280 e. The smallest absolute Gasteiger partial charge is 0.280 e. The van der Waals surface area contributed by atoms with E-state index in [1.807, 2.05) is 5.06 Å². The van der Waals surface area contributed by atoms with E-state index in [1.54, 1.807) is 0 Å². The first kappa shape index (κ1) is 26.4. The van der Waals surface area contributed by atoms with Crippen LogP contribution < -0.4 is 0 Å². The summed E-state index contributed by atoms with van der Waals surface area (Å²) < 4.78 is 0. The van der Waals surface area contributed by atoms with Gasteiger partial charge in [0.2, 0.25) is 0 Å². The van der Waals surface area contributed by atoms with E-state index in [2.05, 4.69) is 34.6 Å². The van der Waals surface area contributed by atoms with E-state index in [0.717, 1.165) is 25.7 Å². The zero-order chi connectivity index (χ0) is 21.6. The molecule has 1 aliphatic heterocycles. The SMILES string of the molecule is CCCCCCCCCCCCCCCC(=O)OON1C(C)(C)CCCC1(C)C. The van der Waals surface area contributed by atoms with Crippen LogP contribution in [0.4, 0.5) is 0 Å². The van der Waals surface area contributed by atoms with Crippen LogP contribution in [0.15, 0.2) is 0 Å². The molecule has 0 aromatic heterocycles. The van der Waals surface area contributed by atoms with Crippen LogP contribution in [0.2, 0.25) is 0 Å². The third-order valence-electron chi connectivity index (χ3n) is 6.37. The fourth-order valence-electron chi connectivity index (χ4n) is 4.59. The number of carbonyl (C=O) groups excluding carboxylic acids is 1. The normalized spacial score (nSPS) is 18.7. The Labute approximate surface area is 181 Å². The van der Waals surface area contributed by atoms with Gasteiger partial charge < -0.3 is 0 Å². The van der Waals surface area contributed by atoms with Gasteiger partial charge in [-0.15, -0.1) is 5.06 Å². The highest BCUT2D eigenvalue weighted by Crippen LogP contribution is 2.38. The summed E-state index contributed by atoms with van der Waals surface area (Å²) >= 11 is 0. The molecule has 0 amide bonds. The molecule has 4 nitrogen and oxygen atoms in total. The highest BCUT2D eigenvalue weighted by Gasteiger charge is 2.44. The Kier molecular flexibility index (Phi) is 13.1. The largest absolute Gasteiger partial charge is 0.344 e. The maximum Gasteiger partial charge on any atom is 0.344 e. The van der Waals surface area contributed by atoms with Crippen LogP contribution in [0.3, 0.4) is 0 Å². The molecule has 1 aliphatic rings. The number of rotatable bonds is 16. The van der Waals surface area contributed by atoms with Crippen molar-refractivity contribution in [3.8, 4) is 0 Å². The summed E-state index contributed by atoms with van der Waals surface area (Å²) in [6, 6.07) is 0. The van der Waals surface area contributed by atoms with Gasteiger partial charge in [-0.3, -0.25) is 4.89 Å². The van der Waals surface area contributed by atoms with Gasteiger partial charge in [-0.25, -0.2) is 4.79 Å². The van der Waals surface area contributed by atoms with Gasteiger partial charge in [0, 0.05) is 17.5 Å². The van der Waals surface area contributed by atoms with Crippen molar-refractivity contribution >= 4 is 5.97 Å². The van der Waals surface area contributed by atoms with Crippen LogP contribution in [-0.4, -0.2) is 22.1 Å². The second-order valence-corrected chi connectivity index (χ2v) is 10.3. The maximum absolute atomic E-state index is 12.0. The lowest BCUT2D eigenvalue weighted by Crippen LogP contribution is -2.58. The summed E-state index contributed by atoms with van der Waals surface area (Å²) in [5.41, 5.74) is -0.227. The summed E-state index contributed by atoms with van der Waals surface area (Å²) in [6.07, 6.45) is 20.7. The van der Waals surface area contributed by atoms with Gasteiger partial charge in [-0.05, 0) is 53.4 Å². The zero-order valence-corrected chi connectivity index (χ0v) is 20.2. The van der Waals surface area contributed by atoms with Crippen LogP contribution >= 0.6 is 0 Å². The molecule has 1 heterocycles. The highest BCUT2D eigenvalue weighted by molar-refractivity contribution is 5.68. The van der Waals surface area contributed by atoms with Crippen molar-refractivity contribution in [1.29, 1.82) is 0 Å². The molecular weight excluding hydrogens is 362 g/mol. The topological polar surface area (TPSA) is 38.8 Å². The highest BCUT2D eigenvalue weighted by atomic mass is 17.3. The standard InChI is InChI=1S/C25H49NO3/c1-6-7-8-9-10-11-12-13-14-15-16-17-18-20-23(27)28-29-26-24(2,3)21-19-22-25(26,4)5/h6-22H2,1-5H3. The molecule has 29 heavy (non-hydrogen) atoms. The van der Waals surface area contributed by atoms with Gasteiger partial charge in [0.15, 0.2) is 0 Å². The number of nitrogens with zero attached hydrogens (tertiary/aromatic N) is 1. The molecule has 0 bridgehead atoms. The molecule has 0 aromatic carbocycles. The third kappa shape index (κ3) is 11.4. The lowest BCUT2D eigenvalue weighted by atomic mass is 9.82. The second-order valence-electron chi connectivity index (χ2n) is 10.3. The molecule has 1 fully saturated rings. The quantitative estimate of drug-likeness (QED) is 0.147. The molecule has 4 heteroatoms. The van der Waals surface area contributed by atoms with E-state index in [0.29, 0.717) is 6.42 Å². The van der Waals surface area contributed by atoms with Gasteiger partial charge in [0.1, 0.15) is 0 Å². The molecule has 0 atom stereocenters. The molecule has 0 N–H and O–H groups in total. The molecule has 0 aliphatic carbocycles. The first-order chi connectivity index (χ1) is 13.8. The molecule has 0 saturated carbocycles. The van der Waals surface area contributed by atoms with Crippen molar-refractivity contribution in [2.24, 2.45) is 0 Å². The van der Waals surface area contributed by atoms with Crippen LogP contribution in [0.25, 0.3) is 0 Å². The Morgan fingerprint density at radius 3 is 1.59 bits per heavy atom. The number of hydrogen-bond donors (Lipinski definition) is 0. The Morgan fingerprint density at radius 1 is 0.724 bits per heavy atom. The summed E-state index contributed by atoms with van der Waals surface area (Å²) in [7, 11) is 0. The van der Waals surface area contributed by atoms with E-state index in [9.17, 15) is 4.79 Å². The average molecular weight is 412 g/mol. The first-order valence-electron chi connectivity index (χ1n) is 12.5. The molecule has 1 saturated heterocycles. The number of unbranched alkanes of at least 4 members (excludes halogenated alkanes) is 12. The lowest BCUT2D eigenvalue weighted by molar-refractivity contribution is -0.450. The molecule has 0 unspecified atom stereocenters. The summed E-state index contributed by atoms with van der Waals surface area (Å²) in [5.74, 6) is -0.245. The van der Waals surface area contributed by atoms with E-state index in [-0.39, 0.29) is 17.0 Å². The molecule has 0 aromatic rings. The average Bonchev–Trinajstić information content (AvgIpc) is 2.64. The van der Waals surface area contributed by atoms with Crippen molar-refractivity contribution in [1.82, 2.24) is 5.06 Å². The van der Waals surface area contributed by atoms with Crippen molar-refractivity contribution in [2.45, 2.75) is 155 Å². The van der Waals surface area contributed by atoms with Crippen LogP contribution in [0.1, 0.15) is 144 Å². The van der Waals surface area contributed by atoms with Gasteiger partial charge in [-0.2, -0.15) is 0 Å². The van der Waals surface area contributed by atoms with Gasteiger partial charge in [0.05, 0.1) is 0 Å². The van der Waals surface area contributed by atoms with Crippen molar-refractivity contribution in [3.05, 3.63) is 0 Å². The minimum absolute atomic E-state index is 0.114. The number of hydroxylamine groups is 2. The fraction of sp³-hybridized carbons (Fsp3) is 0.960. The monoisotopic (exact) mass is 411 g/mol. The van der Waals surface area contributed by atoms with Gasteiger partial charge in [-0.1, -0.05) is 89.0 Å². The molecule has 0 radical (unpaired) electrons. The summed E-state index contributed by atoms with van der Waals surface area (Å²) in [5, 5.41) is 1.88. The van der Waals surface area contributed by atoms with Crippen molar-refractivity contribution in [3.63, 3.8) is 0 Å². The summed E-state index contributed by atoms with van der Waals surface area (Å²) in [6.45, 7) is 10.9. The maximum atomic E-state index is 12.0. The van der Waals surface area contributed by atoms with Gasteiger partial charge >= 0.3 is 5.97 Å². The molecule has 0 spiro atoms. The van der Waals surface area contributed by atoms with Crippen LogP contribution in [-0.2, 0) is 14.7 Å². The van der Waals surface area contributed by atoms with E-state index in [1.165, 1.54) is 77.0 Å². The summed E-state index contributed by atoms with van der Waals surface area (Å²) in [4.78, 5) is 22.7. The number of carbonyl (C=O) groups is 1. The predicted molar refractivity (Wildman–Crippen MR) is 121 cm³/mol. The Bertz CT molecular complexity index is 418. The van der Waals surface area contributed by atoms with E-state index < -0.39 is 0 Å². The van der Waals surface area contributed by atoms with E-state index >= 15 is 0 Å². The van der Waals surface area contributed by atoms with Gasteiger partial charge in [0.25, 0.3) is 0 Å². The molecule has 1 rings (SSSR count). The zero-order valence-electron chi connectivity index (χ0n) is 20.2. The fourth-order valence-corrected chi connectivity index (χ4v) is 4.59. The second kappa shape index (κ2) is 14.4. The van der Waals surface area contributed by atoms with Crippen molar-refractivity contribution in [2.75, 3.05) is 0 Å². The molecule has 172 valence electrons. The minimum atomic E-state index is -0.245. The van der Waals surface area contributed by atoms with Crippen LogP contribution in [0, 0.1) is 0 Å². The Hall–Kier alpha value is -0.610. The van der Waals surface area contributed by atoms with Crippen LogP contribution in [0.5, 0.6) is 0 Å². The van der Waals surface area contributed by atoms with E-state index in [4.69, 9.17) is 9.88 Å². The van der Waals surface area contributed by atoms with Crippen molar-refractivity contribution < 1.29 is 14.7 Å². The first-order valence-corrected chi connectivity index (χ1v) is 12.5. The number of hydrogen-bond acceptors (Lipinski definition) is 4. The number of piperidine rings is 1. The lowest BCUT2D eigenvalue weighted by Gasteiger charge is -2.49. The molecular formula is C25H49NO3. The predicted octanol–water partition coefficient (Wildman–Crippen LogP) is 7.90.